The second-order valence-corrected chi connectivity index (χ2v) is 33.6. The molecule has 0 spiro atoms. The minimum Gasteiger partial charge on any atom is -0.468 e. The number of hydrogen-bond acceptors (Lipinski definition) is 32. The Morgan fingerprint density at radius 3 is 0.801 bits per heavy atom. The van der Waals surface area contributed by atoms with Crippen molar-refractivity contribution in [2.24, 2.45) is 22.7 Å². The molecule has 17 rings (SSSR count). The molecule has 6 aliphatic heterocycles. The fraction of sp³-hybridized carbons (Fsp3) is 0.465. The van der Waals surface area contributed by atoms with Crippen LogP contribution in [0.5, 0.6) is 69.0 Å². The van der Waals surface area contributed by atoms with Crippen molar-refractivity contribution >= 4 is 41.8 Å². The zero-order chi connectivity index (χ0) is 93.2. The highest BCUT2D eigenvalue weighted by molar-refractivity contribution is 5.98. The number of carbonyl (C=O) groups is 7. The molecule has 0 aromatic heterocycles. The van der Waals surface area contributed by atoms with Gasteiger partial charge in [-0.05, 0) is 288 Å². The molecule has 32 nitrogen and oxygen atoms in total. The van der Waals surface area contributed by atoms with E-state index in [0.717, 1.165) is 51.4 Å². The number of carbonyl (C=O) groups excluding carboxylic acids is 7. The van der Waals surface area contributed by atoms with E-state index in [1.807, 2.05) is 0 Å². The van der Waals surface area contributed by atoms with Gasteiger partial charge in [-0.15, -0.1) is 0 Å². The summed E-state index contributed by atoms with van der Waals surface area (Å²) in [6, 6.07) is 52.8. The number of esters is 7. The maximum Gasteiger partial charge on any atom is 0.343 e. The minimum absolute atomic E-state index is 0. The second-order valence-electron chi connectivity index (χ2n) is 33.6. The van der Waals surface area contributed by atoms with Crippen molar-refractivity contribution in [3.8, 4) is 69.0 Å². The van der Waals surface area contributed by atoms with E-state index >= 15 is 0 Å². The molecular formula is C114H156O32. The molecule has 8 fully saturated rings. The zero-order valence-electron chi connectivity index (χ0n) is 75.1. The topological polar surface area (TPSA) is 363 Å². The Morgan fingerprint density at radius 1 is 0.295 bits per heavy atom. The molecule has 6 heterocycles. The van der Waals surface area contributed by atoms with Crippen molar-refractivity contribution < 1.29 is 152 Å². The number of benzene rings is 9. The van der Waals surface area contributed by atoms with E-state index in [0.29, 0.717) is 206 Å². The SMILES string of the molecule is C.C.C.C.C.C.C.C.C.C.C.C.CCC1(COCOc2ccc(C(=O)Oc3ccc(OC(=O)c4ccc(OCOCC5(CC)COC5)cc4)c(C)c3)cc2)COC1.COC(=O)c1cc(OC(=O)c2ccc(OCOCC3CO3)cc2)ccc1OC(=O)c1ccc(OCOCC2CO2)cc1.Cc1cc(OC(=O)c2ccc(OCOCC3CCC4OC4C3)cc2)ccc1OC(=O)c1ccc(OCOCC2CCC3OC3C2)cc1. The quantitative estimate of drug-likeness (QED) is 0.0112. The Morgan fingerprint density at radius 2 is 0.548 bits per heavy atom. The Kier molecular flexibility index (Phi) is 54.7. The standard InChI is InChI=1S/C37H40O10.C35H40O10.C30H28O12.12CH4/c1-23-16-30(44-36(38)26-4-8-28(9-5-26)42-21-40-19-24-2-13-32-34(17-24)45-32)12-15-31(23)47-37(39)27-6-10-29(11-7-27)43-22-41-20-25-3-14-33-35(18-25)46-33;1-4-34(17-38-18-34)21-40-23-42-28-10-6-26(7-11-28)32(36)44-30-14-15-31(25(3)16-30)45-33(37)27-8-12-29(13-9-27)43-24-41-22-35(5-2)19-39-20-35;1-34-30(33)26-12-23(41-28(31)19-2-6-21(7-3-19)39-17-35-13-24-15-37-24)10-11-27(26)42-29(32)20-4-8-22(9-5-20)40-18-36-14-25-16-38-25;;;;;;;;;;;;/h4-12,15-16,24-25,32-35H,2-3,13-14,17-22H2,1H3;6-16H,4-5,17-24H2,1-3H3;2-12,24-25H,13-18H2,1H3;12*1H4. The fourth-order valence-corrected chi connectivity index (χ4v) is 14.8. The van der Waals surface area contributed by atoms with Crippen LogP contribution in [0, 0.1) is 36.5 Å². The van der Waals surface area contributed by atoms with Gasteiger partial charge in [0.05, 0.1) is 144 Å². The van der Waals surface area contributed by atoms with E-state index in [1.165, 1.54) is 49.6 Å². The molecule has 9 aromatic carbocycles. The number of rotatable bonds is 45. The second kappa shape index (κ2) is 62.5. The summed E-state index contributed by atoms with van der Waals surface area (Å²) in [5, 5.41) is 0. The van der Waals surface area contributed by atoms with E-state index in [-0.39, 0.29) is 181 Å². The molecule has 8 atom stereocenters. The number of epoxide rings is 4. The lowest BCUT2D eigenvalue weighted by molar-refractivity contribution is -0.162. The molecular weight excluding hydrogens is 1880 g/mol. The highest BCUT2D eigenvalue weighted by Crippen LogP contribution is 2.42. The van der Waals surface area contributed by atoms with Crippen molar-refractivity contribution in [3.63, 3.8) is 0 Å². The molecule has 0 amide bonds. The smallest absolute Gasteiger partial charge is 0.343 e. The maximum absolute atomic E-state index is 12.8. The molecule has 0 N–H and O–H groups in total. The van der Waals surface area contributed by atoms with E-state index in [9.17, 15) is 33.6 Å². The molecule has 146 heavy (non-hydrogen) atoms. The summed E-state index contributed by atoms with van der Waals surface area (Å²) < 4.78 is 137. The van der Waals surface area contributed by atoms with Crippen molar-refractivity contribution in [2.45, 2.75) is 205 Å². The average Bonchev–Trinajstić information content (AvgIpc) is 1.15. The van der Waals surface area contributed by atoms with Gasteiger partial charge in [0.15, 0.2) is 40.8 Å². The predicted molar refractivity (Wildman–Crippen MR) is 557 cm³/mol. The van der Waals surface area contributed by atoms with Gasteiger partial charge in [-0.2, -0.15) is 0 Å². The van der Waals surface area contributed by atoms with Gasteiger partial charge in [0.1, 0.15) is 86.8 Å². The number of methoxy groups -OCH3 is 1. The monoisotopic (exact) mass is 2040 g/mol. The fourth-order valence-electron chi connectivity index (χ4n) is 14.8. The van der Waals surface area contributed by atoms with Crippen LogP contribution in [0.25, 0.3) is 0 Å². The van der Waals surface area contributed by atoms with Crippen LogP contribution >= 0.6 is 0 Å². The largest absolute Gasteiger partial charge is 0.468 e. The molecule has 9 aromatic rings. The summed E-state index contributed by atoms with van der Waals surface area (Å²) in [6.45, 7) is 16.1. The third-order valence-electron chi connectivity index (χ3n) is 23.6. The number of ether oxygens (including phenoxy) is 25. The normalized spacial score (nSPS) is 18.0. The lowest BCUT2D eigenvalue weighted by Crippen LogP contribution is -2.45. The molecule has 804 valence electrons. The predicted octanol–water partition coefficient (Wildman–Crippen LogP) is 23.3. The van der Waals surface area contributed by atoms with Gasteiger partial charge in [-0.25, -0.2) is 33.6 Å². The first-order valence-corrected chi connectivity index (χ1v) is 44.6. The minimum atomic E-state index is -0.784. The van der Waals surface area contributed by atoms with Crippen LogP contribution in [0.2, 0.25) is 0 Å². The van der Waals surface area contributed by atoms with Crippen LogP contribution in [0.1, 0.15) is 238 Å². The van der Waals surface area contributed by atoms with Crippen LogP contribution in [-0.2, 0) is 61.6 Å². The Labute approximate surface area is 863 Å². The lowest BCUT2D eigenvalue weighted by atomic mass is 9.84. The van der Waals surface area contributed by atoms with E-state index in [2.05, 4.69) is 13.8 Å². The summed E-state index contributed by atoms with van der Waals surface area (Å²) in [6.07, 6.45) is 10.7. The molecule has 8 aliphatic rings. The molecule has 0 bridgehead atoms. The van der Waals surface area contributed by atoms with Crippen LogP contribution in [0.15, 0.2) is 200 Å². The van der Waals surface area contributed by atoms with Gasteiger partial charge < -0.3 is 118 Å². The molecule has 6 saturated heterocycles. The lowest BCUT2D eigenvalue weighted by Gasteiger charge is -2.40. The van der Waals surface area contributed by atoms with Gasteiger partial charge >= 0.3 is 41.8 Å². The number of fused-ring (bicyclic) bond motifs is 2. The summed E-state index contributed by atoms with van der Waals surface area (Å²) in [5.41, 5.74) is 3.32. The first kappa shape index (κ1) is 128. The average molecular weight is 2040 g/mol. The van der Waals surface area contributed by atoms with E-state index < -0.39 is 41.8 Å². The summed E-state index contributed by atoms with van der Waals surface area (Å²) in [5.74, 6) is 1.57. The summed E-state index contributed by atoms with van der Waals surface area (Å²) in [7, 11) is 1.18. The Balaban J connectivity index is 0.000000541. The van der Waals surface area contributed by atoms with Gasteiger partial charge in [-0.3, -0.25) is 0 Å². The highest BCUT2D eigenvalue weighted by atomic mass is 16.7. The molecule has 32 heteroatoms. The molecule has 0 radical (unpaired) electrons. The van der Waals surface area contributed by atoms with Crippen molar-refractivity contribution in [1.82, 2.24) is 0 Å². The van der Waals surface area contributed by atoms with Gasteiger partial charge in [-0.1, -0.05) is 103 Å². The van der Waals surface area contributed by atoms with E-state index in [1.54, 1.807) is 172 Å². The third-order valence-corrected chi connectivity index (χ3v) is 23.6. The van der Waals surface area contributed by atoms with Gasteiger partial charge in [0.2, 0.25) is 0 Å². The van der Waals surface area contributed by atoms with Crippen LogP contribution < -0.4 is 56.8 Å². The van der Waals surface area contributed by atoms with Crippen molar-refractivity contribution in [1.29, 1.82) is 0 Å². The Hall–Kier alpha value is -12.4. The van der Waals surface area contributed by atoms with Crippen LogP contribution in [0.4, 0.5) is 0 Å². The van der Waals surface area contributed by atoms with Crippen molar-refractivity contribution in [3.05, 3.63) is 250 Å². The molecule has 2 saturated carbocycles. The summed E-state index contributed by atoms with van der Waals surface area (Å²) >= 11 is 0. The molecule has 8 unspecified atom stereocenters. The van der Waals surface area contributed by atoms with Crippen LogP contribution in [-0.4, -0.2) is 206 Å². The maximum atomic E-state index is 12.8. The van der Waals surface area contributed by atoms with Crippen LogP contribution in [0.3, 0.4) is 0 Å². The zero-order valence-corrected chi connectivity index (χ0v) is 75.1. The van der Waals surface area contributed by atoms with Gasteiger partial charge in [0, 0.05) is 10.8 Å². The molecule has 2 aliphatic carbocycles. The first-order chi connectivity index (χ1) is 65.3. The Bertz CT molecular complexity index is 5390. The third kappa shape index (κ3) is 38.1. The number of hydrogen-bond donors (Lipinski definition) is 0. The van der Waals surface area contributed by atoms with E-state index in [4.69, 9.17) is 118 Å². The first-order valence-electron chi connectivity index (χ1n) is 44.6. The van der Waals surface area contributed by atoms with Crippen molar-refractivity contribution in [2.75, 3.05) is 127 Å². The number of aryl methyl sites for hydroxylation is 2. The highest BCUT2D eigenvalue weighted by Gasteiger charge is 2.45. The summed E-state index contributed by atoms with van der Waals surface area (Å²) in [4.78, 5) is 88.9. The van der Waals surface area contributed by atoms with Gasteiger partial charge in [0.25, 0.3) is 0 Å².